The molecule has 0 saturated carbocycles. The Morgan fingerprint density at radius 3 is 2.92 bits per heavy atom. The van der Waals surface area contributed by atoms with Gasteiger partial charge in [0.2, 0.25) is 0 Å². The van der Waals surface area contributed by atoms with Crippen molar-refractivity contribution in [1.82, 2.24) is 4.98 Å². The summed E-state index contributed by atoms with van der Waals surface area (Å²) < 4.78 is 0. The van der Waals surface area contributed by atoms with Crippen molar-refractivity contribution in [3.63, 3.8) is 0 Å². The first kappa shape index (κ1) is 8.41. The normalized spacial score (nSPS) is 10.2. The second-order valence-corrected chi connectivity index (χ2v) is 3.72. The highest BCUT2D eigenvalue weighted by Crippen LogP contribution is 2.23. The van der Waals surface area contributed by atoms with E-state index in [9.17, 15) is 0 Å². The van der Waals surface area contributed by atoms with Crippen LogP contribution in [0.2, 0.25) is 0 Å². The predicted molar refractivity (Wildman–Crippen MR) is 55.4 cm³/mol. The average molecular weight is 190 g/mol. The number of nitrogens with two attached hydrogens (primary N) is 1. The molecule has 2 nitrogen and oxygen atoms in total. The summed E-state index contributed by atoms with van der Waals surface area (Å²) >= 11 is 1.68. The van der Waals surface area contributed by atoms with Crippen molar-refractivity contribution in [3.8, 4) is 11.3 Å². The molecular weight excluding hydrogens is 180 g/mol. The first-order valence-corrected chi connectivity index (χ1v) is 4.97. The van der Waals surface area contributed by atoms with Crippen molar-refractivity contribution in [2.75, 3.05) is 0 Å². The largest absolute Gasteiger partial charge is 0.326 e. The fraction of sp³-hybridized carbons (Fsp3) is 0.100. The number of hydrogen-bond donors (Lipinski definition) is 1. The summed E-state index contributed by atoms with van der Waals surface area (Å²) in [6.07, 6.45) is 1.80. The summed E-state index contributed by atoms with van der Waals surface area (Å²) in [5.74, 6) is 0. The summed E-state index contributed by atoms with van der Waals surface area (Å²) in [5.41, 5.74) is 7.70. The van der Waals surface area contributed by atoms with E-state index in [0.29, 0.717) is 6.54 Å². The second kappa shape index (κ2) is 3.68. The van der Waals surface area contributed by atoms with Crippen LogP contribution in [-0.2, 0) is 6.54 Å². The highest BCUT2D eigenvalue weighted by atomic mass is 32.1. The summed E-state index contributed by atoms with van der Waals surface area (Å²) in [6, 6.07) is 8.00. The maximum Gasteiger partial charge on any atom is 0.0710 e. The van der Waals surface area contributed by atoms with Crippen molar-refractivity contribution < 1.29 is 0 Å². The van der Waals surface area contributed by atoms with Crippen molar-refractivity contribution in [1.29, 1.82) is 0 Å². The van der Waals surface area contributed by atoms with E-state index in [1.807, 2.05) is 18.2 Å². The molecular formula is C10H10N2S. The lowest BCUT2D eigenvalue weighted by Gasteiger charge is -1.93. The standard InChI is InChI=1S/C10H10N2S/c11-6-9-5-8(7-13-9)10-3-1-2-4-12-10/h1-5,7H,6,11H2. The molecule has 66 valence electrons. The number of aromatic nitrogens is 1. The molecule has 0 saturated heterocycles. The third-order valence-electron chi connectivity index (χ3n) is 1.82. The van der Waals surface area contributed by atoms with E-state index >= 15 is 0 Å². The van der Waals surface area contributed by atoms with E-state index in [1.165, 1.54) is 4.88 Å². The molecule has 0 atom stereocenters. The third-order valence-corrected chi connectivity index (χ3v) is 2.77. The topological polar surface area (TPSA) is 38.9 Å². The maximum atomic E-state index is 5.53. The van der Waals surface area contributed by atoms with Gasteiger partial charge in [0.05, 0.1) is 5.69 Å². The Labute approximate surface area is 81.1 Å². The zero-order chi connectivity index (χ0) is 9.10. The smallest absolute Gasteiger partial charge is 0.0710 e. The Bertz CT molecular complexity index is 381. The van der Waals surface area contributed by atoms with Crippen molar-refractivity contribution in [2.24, 2.45) is 5.73 Å². The molecule has 2 rings (SSSR count). The molecule has 0 spiro atoms. The quantitative estimate of drug-likeness (QED) is 0.789. The van der Waals surface area contributed by atoms with Gasteiger partial charge in [-0.25, -0.2) is 0 Å². The lowest BCUT2D eigenvalue weighted by Crippen LogP contribution is -1.91. The van der Waals surface area contributed by atoms with E-state index in [1.54, 1.807) is 17.5 Å². The molecule has 0 amide bonds. The molecule has 0 unspecified atom stereocenters. The van der Waals surface area contributed by atoms with Crippen LogP contribution in [0, 0.1) is 0 Å². The highest BCUT2D eigenvalue weighted by molar-refractivity contribution is 7.10. The number of hydrogen-bond acceptors (Lipinski definition) is 3. The molecule has 0 aliphatic heterocycles. The van der Waals surface area contributed by atoms with Crippen LogP contribution in [0.25, 0.3) is 11.3 Å². The minimum Gasteiger partial charge on any atom is -0.326 e. The molecule has 2 aromatic rings. The minimum absolute atomic E-state index is 0.609. The Balaban J connectivity index is 2.36. The monoisotopic (exact) mass is 190 g/mol. The molecule has 0 aliphatic carbocycles. The highest BCUT2D eigenvalue weighted by Gasteiger charge is 2.00. The van der Waals surface area contributed by atoms with Crippen molar-refractivity contribution in [2.45, 2.75) is 6.54 Å². The van der Waals surface area contributed by atoms with Gasteiger partial charge in [-0.15, -0.1) is 11.3 Å². The Morgan fingerprint density at radius 2 is 2.31 bits per heavy atom. The van der Waals surface area contributed by atoms with Crippen LogP contribution in [-0.4, -0.2) is 4.98 Å². The fourth-order valence-electron chi connectivity index (χ4n) is 1.16. The minimum atomic E-state index is 0.609. The molecule has 0 fully saturated rings. The molecule has 0 radical (unpaired) electrons. The Kier molecular flexibility index (Phi) is 2.38. The van der Waals surface area contributed by atoms with Gasteiger partial charge in [0, 0.05) is 28.6 Å². The number of pyridine rings is 1. The van der Waals surface area contributed by atoms with Crippen molar-refractivity contribution in [3.05, 3.63) is 40.7 Å². The maximum absolute atomic E-state index is 5.53. The number of rotatable bonds is 2. The van der Waals surface area contributed by atoms with Gasteiger partial charge in [-0.3, -0.25) is 4.98 Å². The zero-order valence-corrected chi connectivity index (χ0v) is 7.92. The van der Waals surface area contributed by atoms with Gasteiger partial charge in [-0.2, -0.15) is 0 Å². The number of nitrogens with zero attached hydrogens (tertiary/aromatic N) is 1. The van der Waals surface area contributed by atoms with Crippen LogP contribution >= 0.6 is 11.3 Å². The van der Waals surface area contributed by atoms with Crippen LogP contribution in [0.1, 0.15) is 4.88 Å². The molecule has 0 aliphatic rings. The van der Waals surface area contributed by atoms with Crippen molar-refractivity contribution >= 4 is 11.3 Å². The van der Waals surface area contributed by atoms with Crippen LogP contribution in [0.4, 0.5) is 0 Å². The first-order valence-electron chi connectivity index (χ1n) is 4.09. The first-order chi connectivity index (χ1) is 6.40. The third kappa shape index (κ3) is 1.76. The van der Waals surface area contributed by atoms with Crippen LogP contribution in [0.15, 0.2) is 35.8 Å². The molecule has 0 aromatic carbocycles. The van der Waals surface area contributed by atoms with Crippen LogP contribution in [0.3, 0.4) is 0 Å². The lowest BCUT2D eigenvalue weighted by molar-refractivity contribution is 1.11. The Morgan fingerprint density at radius 1 is 1.38 bits per heavy atom. The zero-order valence-electron chi connectivity index (χ0n) is 7.10. The second-order valence-electron chi connectivity index (χ2n) is 2.72. The summed E-state index contributed by atoms with van der Waals surface area (Å²) in [4.78, 5) is 5.46. The summed E-state index contributed by atoms with van der Waals surface area (Å²) in [6.45, 7) is 0.609. The molecule has 2 aromatic heterocycles. The fourth-order valence-corrected chi connectivity index (χ4v) is 1.91. The van der Waals surface area contributed by atoms with Crippen LogP contribution < -0.4 is 5.73 Å². The Hall–Kier alpha value is -1.19. The number of thiophene rings is 1. The van der Waals surface area contributed by atoms with Crippen LogP contribution in [0.5, 0.6) is 0 Å². The van der Waals surface area contributed by atoms with E-state index < -0.39 is 0 Å². The SMILES string of the molecule is NCc1cc(-c2ccccn2)cs1. The van der Waals surface area contributed by atoms with E-state index in [4.69, 9.17) is 5.73 Å². The molecule has 0 bridgehead atoms. The summed E-state index contributed by atoms with van der Waals surface area (Å²) in [5, 5.41) is 2.09. The van der Waals surface area contributed by atoms with Gasteiger partial charge in [0.15, 0.2) is 0 Å². The predicted octanol–water partition coefficient (Wildman–Crippen LogP) is 2.27. The molecule has 2 heterocycles. The lowest BCUT2D eigenvalue weighted by atomic mass is 10.2. The summed E-state index contributed by atoms with van der Waals surface area (Å²) in [7, 11) is 0. The van der Waals surface area contributed by atoms with Gasteiger partial charge in [0.1, 0.15) is 0 Å². The molecule has 3 heteroatoms. The van der Waals surface area contributed by atoms with Gasteiger partial charge in [-0.1, -0.05) is 6.07 Å². The van der Waals surface area contributed by atoms with E-state index in [0.717, 1.165) is 11.3 Å². The average Bonchev–Trinajstić information content (AvgIpc) is 2.67. The van der Waals surface area contributed by atoms with Gasteiger partial charge in [-0.05, 0) is 18.2 Å². The molecule has 13 heavy (non-hydrogen) atoms. The van der Waals surface area contributed by atoms with Gasteiger partial charge in [0.25, 0.3) is 0 Å². The van der Waals surface area contributed by atoms with E-state index in [-0.39, 0.29) is 0 Å². The van der Waals surface area contributed by atoms with Gasteiger partial charge >= 0.3 is 0 Å². The van der Waals surface area contributed by atoms with Gasteiger partial charge < -0.3 is 5.73 Å². The molecule has 2 N–H and O–H groups in total. The van der Waals surface area contributed by atoms with E-state index in [2.05, 4.69) is 16.4 Å².